The predicted octanol–water partition coefficient (Wildman–Crippen LogP) is 4.28. The summed E-state index contributed by atoms with van der Waals surface area (Å²) in [6.07, 6.45) is 0. The van der Waals surface area contributed by atoms with Crippen LogP contribution in [0, 0.1) is 5.82 Å². The highest BCUT2D eigenvalue weighted by atomic mass is 35.5. The fourth-order valence-corrected chi connectivity index (χ4v) is 2.07. The summed E-state index contributed by atoms with van der Waals surface area (Å²) in [5.74, 6) is -1.77. The number of nitrogens with one attached hydrogen (secondary N) is 1. The first-order valence-electron chi connectivity index (χ1n) is 6.48. The summed E-state index contributed by atoms with van der Waals surface area (Å²) in [7, 11) is 0. The molecule has 0 heterocycles. The summed E-state index contributed by atoms with van der Waals surface area (Å²) in [6.45, 7) is 2.07. The molecule has 5 heteroatoms. The van der Waals surface area contributed by atoms with E-state index in [0.29, 0.717) is 17.3 Å². The second-order valence-electron chi connectivity index (χ2n) is 4.78. The summed E-state index contributed by atoms with van der Waals surface area (Å²) in [5, 5.41) is 12.4. The second-order valence-corrected chi connectivity index (χ2v) is 5.22. The first-order valence-corrected chi connectivity index (χ1v) is 6.85. The van der Waals surface area contributed by atoms with Crippen molar-refractivity contribution in [2.75, 3.05) is 5.32 Å². The van der Waals surface area contributed by atoms with Crippen LogP contribution in [0.2, 0.25) is 5.02 Å². The summed E-state index contributed by atoms with van der Waals surface area (Å²) < 4.78 is 13.5. The SMILES string of the molecule is CC(C(=O)O)c1ccc(CNc2cc(Cl)ccc2F)cc1. The third-order valence-electron chi connectivity index (χ3n) is 3.26. The maximum absolute atomic E-state index is 13.5. The summed E-state index contributed by atoms with van der Waals surface area (Å²) in [5.41, 5.74) is 2.00. The Labute approximate surface area is 127 Å². The van der Waals surface area contributed by atoms with E-state index in [1.165, 1.54) is 18.2 Å². The van der Waals surface area contributed by atoms with Crippen LogP contribution in [0.3, 0.4) is 0 Å². The Morgan fingerprint density at radius 3 is 2.57 bits per heavy atom. The van der Waals surface area contributed by atoms with Gasteiger partial charge >= 0.3 is 5.97 Å². The average molecular weight is 308 g/mol. The number of carboxylic acid groups (broad SMARTS) is 1. The van der Waals surface area contributed by atoms with Crippen molar-refractivity contribution in [2.45, 2.75) is 19.4 Å². The number of rotatable bonds is 5. The second kappa shape index (κ2) is 6.59. The van der Waals surface area contributed by atoms with Gasteiger partial charge in [0, 0.05) is 11.6 Å². The molecule has 1 atom stereocenters. The van der Waals surface area contributed by atoms with E-state index in [1.807, 2.05) is 12.1 Å². The largest absolute Gasteiger partial charge is 0.481 e. The van der Waals surface area contributed by atoms with E-state index in [-0.39, 0.29) is 5.82 Å². The topological polar surface area (TPSA) is 49.3 Å². The average Bonchev–Trinajstić information content (AvgIpc) is 2.48. The van der Waals surface area contributed by atoms with E-state index in [0.717, 1.165) is 11.1 Å². The van der Waals surface area contributed by atoms with E-state index in [1.54, 1.807) is 19.1 Å². The van der Waals surface area contributed by atoms with Crippen molar-refractivity contribution >= 4 is 23.3 Å². The molecule has 0 fully saturated rings. The van der Waals surface area contributed by atoms with Gasteiger partial charge in [-0.1, -0.05) is 35.9 Å². The molecular formula is C16H15ClFNO2. The van der Waals surface area contributed by atoms with Gasteiger partial charge in [0.15, 0.2) is 0 Å². The lowest BCUT2D eigenvalue weighted by Gasteiger charge is -2.10. The van der Waals surface area contributed by atoms with Crippen molar-refractivity contribution in [3.63, 3.8) is 0 Å². The van der Waals surface area contributed by atoms with Crippen LogP contribution in [-0.4, -0.2) is 11.1 Å². The predicted molar refractivity (Wildman–Crippen MR) is 81.2 cm³/mol. The van der Waals surface area contributed by atoms with E-state index in [9.17, 15) is 9.18 Å². The molecule has 0 aliphatic heterocycles. The van der Waals surface area contributed by atoms with Crippen LogP contribution in [0.4, 0.5) is 10.1 Å². The molecule has 0 aromatic heterocycles. The van der Waals surface area contributed by atoms with Gasteiger partial charge in [-0.3, -0.25) is 4.79 Å². The van der Waals surface area contributed by atoms with Crippen LogP contribution in [0.15, 0.2) is 42.5 Å². The highest BCUT2D eigenvalue weighted by Crippen LogP contribution is 2.21. The molecule has 0 amide bonds. The third-order valence-corrected chi connectivity index (χ3v) is 3.50. The molecule has 0 radical (unpaired) electrons. The molecule has 2 rings (SSSR count). The van der Waals surface area contributed by atoms with Gasteiger partial charge < -0.3 is 10.4 Å². The van der Waals surface area contributed by atoms with Crippen LogP contribution in [0.5, 0.6) is 0 Å². The van der Waals surface area contributed by atoms with Crippen molar-refractivity contribution < 1.29 is 14.3 Å². The van der Waals surface area contributed by atoms with Crippen LogP contribution in [-0.2, 0) is 11.3 Å². The standard InChI is InChI=1S/C16H15ClFNO2/c1-10(16(20)21)12-4-2-11(3-5-12)9-19-15-8-13(17)6-7-14(15)18/h2-8,10,19H,9H2,1H3,(H,20,21). The Balaban J connectivity index is 2.04. The quantitative estimate of drug-likeness (QED) is 0.867. The third kappa shape index (κ3) is 3.95. The molecule has 0 aliphatic carbocycles. The Morgan fingerprint density at radius 1 is 1.29 bits per heavy atom. The van der Waals surface area contributed by atoms with Crippen LogP contribution < -0.4 is 5.32 Å². The molecule has 0 saturated carbocycles. The molecule has 2 aromatic carbocycles. The number of aliphatic carboxylic acids is 1. The van der Waals surface area contributed by atoms with Gasteiger partial charge in [-0.2, -0.15) is 0 Å². The lowest BCUT2D eigenvalue weighted by atomic mass is 10.00. The van der Waals surface area contributed by atoms with E-state index >= 15 is 0 Å². The zero-order chi connectivity index (χ0) is 15.4. The van der Waals surface area contributed by atoms with Gasteiger partial charge in [-0.15, -0.1) is 0 Å². The molecule has 21 heavy (non-hydrogen) atoms. The summed E-state index contributed by atoms with van der Waals surface area (Å²) in [4.78, 5) is 10.9. The zero-order valence-corrected chi connectivity index (χ0v) is 12.2. The molecule has 0 saturated heterocycles. The number of carbonyl (C=O) groups is 1. The molecule has 0 bridgehead atoms. The maximum Gasteiger partial charge on any atom is 0.310 e. The number of anilines is 1. The number of hydrogen-bond donors (Lipinski definition) is 2. The van der Waals surface area contributed by atoms with Gasteiger partial charge in [0.1, 0.15) is 5.82 Å². The first kappa shape index (κ1) is 15.3. The molecular weight excluding hydrogens is 293 g/mol. The number of hydrogen-bond acceptors (Lipinski definition) is 2. The highest BCUT2D eigenvalue weighted by molar-refractivity contribution is 6.30. The zero-order valence-electron chi connectivity index (χ0n) is 11.4. The van der Waals surface area contributed by atoms with Gasteiger partial charge in [0.05, 0.1) is 11.6 Å². The fraction of sp³-hybridized carbons (Fsp3) is 0.188. The number of benzene rings is 2. The van der Waals surface area contributed by atoms with E-state index in [2.05, 4.69) is 5.32 Å². The molecule has 110 valence electrons. The van der Waals surface area contributed by atoms with Crippen molar-refractivity contribution in [3.8, 4) is 0 Å². The van der Waals surface area contributed by atoms with E-state index < -0.39 is 11.9 Å². The minimum Gasteiger partial charge on any atom is -0.481 e. The van der Waals surface area contributed by atoms with Crippen molar-refractivity contribution in [1.82, 2.24) is 0 Å². The Morgan fingerprint density at radius 2 is 1.95 bits per heavy atom. The Bertz CT molecular complexity index is 643. The monoisotopic (exact) mass is 307 g/mol. The molecule has 2 aromatic rings. The van der Waals surface area contributed by atoms with Crippen molar-refractivity contribution in [1.29, 1.82) is 0 Å². The summed E-state index contributed by atoms with van der Waals surface area (Å²) >= 11 is 5.82. The van der Waals surface area contributed by atoms with Crippen LogP contribution >= 0.6 is 11.6 Å². The van der Waals surface area contributed by atoms with Crippen molar-refractivity contribution in [2.24, 2.45) is 0 Å². The highest BCUT2D eigenvalue weighted by Gasteiger charge is 2.12. The lowest BCUT2D eigenvalue weighted by Crippen LogP contribution is -2.07. The number of carboxylic acids is 1. The summed E-state index contributed by atoms with van der Waals surface area (Å²) in [6, 6.07) is 11.5. The molecule has 2 N–H and O–H groups in total. The minimum atomic E-state index is -0.859. The van der Waals surface area contributed by atoms with Gasteiger partial charge in [-0.05, 0) is 36.2 Å². The maximum atomic E-state index is 13.5. The first-order chi connectivity index (χ1) is 9.97. The minimum absolute atomic E-state index is 0.338. The smallest absolute Gasteiger partial charge is 0.310 e. The van der Waals surface area contributed by atoms with Crippen molar-refractivity contribution in [3.05, 3.63) is 64.4 Å². The van der Waals surface area contributed by atoms with E-state index in [4.69, 9.17) is 16.7 Å². The van der Waals surface area contributed by atoms with Crippen LogP contribution in [0.1, 0.15) is 24.0 Å². The van der Waals surface area contributed by atoms with Gasteiger partial charge in [0.25, 0.3) is 0 Å². The normalized spacial score (nSPS) is 12.0. The lowest BCUT2D eigenvalue weighted by molar-refractivity contribution is -0.138. The Kier molecular flexibility index (Phi) is 4.81. The van der Waals surface area contributed by atoms with Crippen LogP contribution in [0.25, 0.3) is 0 Å². The van der Waals surface area contributed by atoms with Gasteiger partial charge in [-0.25, -0.2) is 4.39 Å². The molecule has 0 spiro atoms. The van der Waals surface area contributed by atoms with Gasteiger partial charge in [0.2, 0.25) is 0 Å². The fourth-order valence-electron chi connectivity index (χ4n) is 1.90. The molecule has 0 aliphatic rings. The molecule has 1 unspecified atom stereocenters. The number of halogens is 2. The molecule has 3 nitrogen and oxygen atoms in total. The Hall–Kier alpha value is -2.07.